The van der Waals surface area contributed by atoms with Crippen molar-refractivity contribution in [3.05, 3.63) is 55.5 Å². The molecule has 23 heavy (non-hydrogen) atoms. The highest BCUT2D eigenvalue weighted by atomic mass is 16.5. The summed E-state index contributed by atoms with van der Waals surface area (Å²) in [4.78, 5) is 28.4. The summed E-state index contributed by atoms with van der Waals surface area (Å²) in [6, 6.07) is 2.37. The summed E-state index contributed by atoms with van der Waals surface area (Å²) in [6.07, 6.45) is 7.86. The molecule has 2 aromatic rings. The lowest BCUT2D eigenvalue weighted by Gasteiger charge is -2.24. The second kappa shape index (κ2) is 7.98. The van der Waals surface area contributed by atoms with Crippen LogP contribution in [0.3, 0.4) is 0 Å². The molecule has 2 unspecified atom stereocenters. The van der Waals surface area contributed by atoms with Gasteiger partial charge in [0.05, 0.1) is 12.2 Å². The molecule has 0 fully saturated rings. The minimum absolute atomic E-state index is 0.121. The van der Waals surface area contributed by atoms with E-state index in [9.17, 15) is 9.59 Å². The Hall–Kier alpha value is -2.83. The van der Waals surface area contributed by atoms with Crippen LogP contribution in [-0.2, 0) is 9.53 Å². The van der Waals surface area contributed by atoms with Crippen LogP contribution in [0, 0.1) is 5.92 Å². The number of imidazole rings is 1. The monoisotopic (exact) mass is 317 g/mol. The van der Waals surface area contributed by atoms with Crippen LogP contribution in [0.5, 0.6) is 0 Å². The van der Waals surface area contributed by atoms with Crippen LogP contribution in [-0.4, -0.2) is 28.2 Å². The zero-order chi connectivity index (χ0) is 16.7. The number of esters is 1. The predicted molar refractivity (Wildman–Crippen MR) is 82.5 cm³/mol. The van der Waals surface area contributed by atoms with Crippen LogP contribution in [0.25, 0.3) is 0 Å². The molecule has 7 heteroatoms. The van der Waals surface area contributed by atoms with Gasteiger partial charge >= 0.3 is 12.0 Å². The van der Waals surface area contributed by atoms with Gasteiger partial charge in [0, 0.05) is 12.4 Å². The van der Waals surface area contributed by atoms with E-state index in [2.05, 4.69) is 16.9 Å². The van der Waals surface area contributed by atoms with Gasteiger partial charge in [0.2, 0.25) is 0 Å². The zero-order valence-corrected chi connectivity index (χ0v) is 12.8. The molecule has 2 aromatic heterocycles. The standard InChI is InChI=1S/C16H19N3O4/c1-3-9-23-15(20)12(4-2)14(13-6-5-10-22-13)18-16(21)19-8-7-17-11-19/h3,5-8,10-12,14H,1,4,9H2,2H3,(H,18,21). The van der Waals surface area contributed by atoms with Crippen LogP contribution in [0.4, 0.5) is 4.79 Å². The van der Waals surface area contributed by atoms with E-state index in [0.29, 0.717) is 12.2 Å². The van der Waals surface area contributed by atoms with Crippen molar-refractivity contribution in [3.8, 4) is 0 Å². The molecule has 0 aliphatic rings. The van der Waals surface area contributed by atoms with Crippen LogP contribution in [0.15, 0.2) is 54.2 Å². The number of hydrogen-bond donors (Lipinski definition) is 1. The van der Waals surface area contributed by atoms with Gasteiger partial charge in [0.1, 0.15) is 24.7 Å². The highest BCUT2D eigenvalue weighted by molar-refractivity contribution is 5.79. The first kappa shape index (κ1) is 16.5. The minimum Gasteiger partial charge on any atom is -0.467 e. The Kier molecular flexibility index (Phi) is 5.74. The number of furan rings is 1. The van der Waals surface area contributed by atoms with Crippen LogP contribution < -0.4 is 5.32 Å². The largest absolute Gasteiger partial charge is 0.467 e. The molecular formula is C16H19N3O4. The van der Waals surface area contributed by atoms with Crippen molar-refractivity contribution in [2.24, 2.45) is 5.92 Å². The summed E-state index contributed by atoms with van der Waals surface area (Å²) < 4.78 is 11.8. The Morgan fingerprint density at radius 3 is 2.96 bits per heavy atom. The minimum atomic E-state index is -0.637. The molecule has 0 aromatic carbocycles. The Bertz CT molecular complexity index is 634. The van der Waals surface area contributed by atoms with Gasteiger partial charge in [-0.25, -0.2) is 9.78 Å². The number of nitrogens with zero attached hydrogens (tertiary/aromatic N) is 2. The van der Waals surface area contributed by atoms with Crippen molar-refractivity contribution in [3.63, 3.8) is 0 Å². The van der Waals surface area contributed by atoms with Crippen LogP contribution in [0.2, 0.25) is 0 Å². The molecule has 1 N–H and O–H groups in total. The maximum Gasteiger partial charge on any atom is 0.327 e. The molecule has 2 atom stereocenters. The number of carbonyl (C=O) groups excluding carboxylic acids is 2. The summed E-state index contributed by atoms with van der Waals surface area (Å²) in [7, 11) is 0. The molecule has 1 amide bonds. The second-order valence-corrected chi connectivity index (χ2v) is 4.85. The van der Waals surface area contributed by atoms with Crippen LogP contribution in [0.1, 0.15) is 25.1 Å². The molecule has 2 heterocycles. The summed E-state index contributed by atoms with van der Waals surface area (Å²) >= 11 is 0. The van der Waals surface area contributed by atoms with Gasteiger partial charge in [0.15, 0.2) is 0 Å². The number of carbonyl (C=O) groups is 2. The lowest BCUT2D eigenvalue weighted by atomic mass is 9.95. The first-order valence-corrected chi connectivity index (χ1v) is 7.27. The van der Waals surface area contributed by atoms with E-state index in [1.54, 1.807) is 12.1 Å². The maximum absolute atomic E-state index is 12.3. The van der Waals surface area contributed by atoms with Gasteiger partial charge in [0.25, 0.3) is 0 Å². The van der Waals surface area contributed by atoms with Crippen molar-refractivity contribution < 1.29 is 18.7 Å². The van der Waals surface area contributed by atoms with Crippen LogP contribution >= 0.6 is 0 Å². The Balaban J connectivity index is 2.21. The molecule has 0 saturated heterocycles. The smallest absolute Gasteiger partial charge is 0.327 e. The van der Waals surface area contributed by atoms with Crippen molar-refractivity contribution in [2.45, 2.75) is 19.4 Å². The number of nitrogens with one attached hydrogen (secondary N) is 1. The first-order chi connectivity index (χ1) is 11.2. The van der Waals surface area contributed by atoms with Gasteiger partial charge < -0.3 is 14.5 Å². The Morgan fingerprint density at radius 1 is 1.57 bits per heavy atom. The number of amides is 1. The molecule has 7 nitrogen and oxygen atoms in total. The van der Waals surface area contributed by atoms with E-state index in [0.717, 1.165) is 0 Å². The summed E-state index contributed by atoms with van der Waals surface area (Å²) in [5.74, 6) is -0.505. The van der Waals surface area contributed by atoms with E-state index >= 15 is 0 Å². The third kappa shape index (κ3) is 4.09. The Labute approximate surface area is 134 Å². The lowest BCUT2D eigenvalue weighted by Crippen LogP contribution is -2.39. The summed E-state index contributed by atoms with van der Waals surface area (Å²) in [5, 5.41) is 2.79. The summed E-state index contributed by atoms with van der Waals surface area (Å²) in [5.41, 5.74) is 0. The van der Waals surface area contributed by atoms with Crippen molar-refractivity contribution in [2.75, 3.05) is 6.61 Å². The van der Waals surface area contributed by atoms with Gasteiger partial charge in [-0.3, -0.25) is 9.36 Å². The van der Waals surface area contributed by atoms with E-state index in [-0.39, 0.29) is 6.61 Å². The summed E-state index contributed by atoms with van der Waals surface area (Å²) in [6.45, 7) is 5.49. The normalized spacial score (nSPS) is 13.1. The fourth-order valence-corrected chi connectivity index (χ4v) is 2.21. The third-order valence-corrected chi connectivity index (χ3v) is 3.36. The fraction of sp³-hybridized carbons (Fsp3) is 0.312. The van der Waals surface area contributed by atoms with E-state index in [1.807, 2.05) is 6.92 Å². The number of hydrogen-bond acceptors (Lipinski definition) is 5. The molecular weight excluding hydrogens is 298 g/mol. The second-order valence-electron chi connectivity index (χ2n) is 4.85. The van der Waals surface area contributed by atoms with E-state index in [1.165, 1.54) is 35.6 Å². The quantitative estimate of drug-likeness (QED) is 0.626. The highest BCUT2D eigenvalue weighted by Crippen LogP contribution is 2.26. The molecule has 0 saturated carbocycles. The SMILES string of the molecule is C=CCOC(=O)C(CC)C(NC(=O)n1ccnc1)c1ccco1. The highest BCUT2D eigenvalue weighted by Gasteiger charge is 2.32. The lowest BCUT2D eigenvalue weighted by molar-refractivity contribution is -0.148. The molecule has 0 aliphatic heterocycles. The first-order valence-electron chi connectivity index (χ1n) is 7.27. The average molecular weight is 317 g/mol. The van der Waals surface area contributed by atoms with Gasteiger partial charge in [-0.2, -0.15) is 0 Å². The van der Waals surface area contributed by atoms with Crippen molar-refractivity contribution in [1.82, 2.24) is 14.9 Å². The number of ether oxygens (including phenoxy) is 1. The van der Waals surface area contributed by atoms with E-state index < -0.39 is 24.0 Å². The third-order valence-electron chi connectivity index (χ3n) is 3.36. The van der Waals surface area contributed by atoms with Gasteiger partial charge in [-0.15, -0.1) is 0 Å². The van der Waals surface area contributed by atoms with Crippen molar-refractivity contribution in [1.29, 1.82) is 0 Å². The molecule has 0 spiro atoms. The average Bonchev–Trinajstić information content (AvgIpc) is 3.25. The predicted octanol–water partition coefficient (Wildman–Crippen LogP) is 2.53. The fourth-order valence-electron chi connectivity index (χ4n) is 2.21. The van der Waals surface area contributed by atoms with Crippen molar-refractivity contribution >= 4 is 12.0 Å². The zero-order valence-electron chi connectivity index (χ0n) is 12.8. The van der Waals surface area contributed by atoms with Gasteiger partial charge in [-0.1, -0.05) is 19.6 Å². The maximum atomic E-state index is 12.3. The molecule has 122 valence electrons. The molecule has 0 aliphatic carbocycles. The topological polar surface area (TPSA) is 86.4 Å². The molecule has 0 radical (unpaired) electrons. The van der Waals surface area contributed by atoms with E-state index in [4.69, 9.17) is 9.15 Å². The number of aromatic nitrogens is 2. The molecule has 2 rings (SSSR count). The van der Waals surface area contributed by atoms with Gasteiger partial charge in [-0.05, 0) is 18.6 Å². The Morgan fingerprint density at radius 2 is 2.39 bits per heavy atom. The molecule has 0 bridgehead atoms. The number of rotatable bonds is 7.